The van der Waals surface area contributed by atoms with Crippen LogP contribution in [-0.4, -0.2) is 62.3 Å². The Labute approximate surface area is 204 Å². The van der Waals surface area contributed by atoms with Gasteiger partial charge in [-0.15, -0.1) is 0 Å². The average molecular weight is 468 g/mol. The number of rotatable bonds is 6. The van der Waals surface area contributed by atoms with Gasteiger partial charge in [-0.05, 0) is 23.8 Å². The third-order valence-electron chi connectivity index (χ3n) is 6.76. The standard InChI is InChI=1S/C27H29N7O/c1-27(2,18-33-11-13-35-14-12-33)21-5-7-22(8-6-21)30-25-26-28-9-10-34(26)17-24(31-25)19-3-4-20-16-29-32-23(20)15-19/h3-10,15-17H,11-14,18H2,1-2H3,(H,29,32)(H,30,31). The molecule has 4 heterocycles. The van der Waals surface area contributed by atoms with Crippen LogP contribution in [0.1, 0.15) is 19.4 Å². The number of imidazole rings is 1. The summed E-state index contributed by atoms with van der Waals surface area (Å²) >= 11 is 0. The van der Waals surface area contributed by atoms with E-state index in [1.165, 1.54) is 5.56 Å². The van der Waals surface area contributed by atoms with E-state index in [4.69, 9.17) is 9.72 Å². The average Bonchev–Trinajstić information content (AvgIpc) is 3.54. The van der Waals surface area contributed by atoms with Crippen LogP contribution in [0.5, 0.6) is 0 Å². The number of hydrogen-bond donors (Lipinski definition) is 2. The summed E-state index contributed by atoms with van der Waals surface area (Å²) in [7, 11) is 0. The molecule has 0 unspecified atom stereocenters. The van der Waals surface area contributed by atoms with Crippen molar-refractivity contribution in [2.75, 3.05) is 38.2 Å². The lowest BCUT2D eigenvalue weighted by Gasteiger charge is -2.35. The number of H-pyrrole nitrogens is 1. The van der Waals surface area contributed by atoms with E-state index in [0.29, 0.717) is 0 Å². The van der Waals surface area contributed by atoms with Crippen molar-refractivity contribution in [2.45, 2.75) is 19.3 Å². The molecule has 8 nitrogen and oxygen atoms in total. The molecular formula is C27H29N7O. The maximum Gasteiger partial charge on any atom is 0.180 e. The number of hydrogen-bond acceptors (Lipinski definition) is 6. The zero-order chi connectivity index (χ0) is 23.8. The van der Waals surface area contributed by atoms with Crippen LogP contribution in [0.2, 0.25) is 0 Å². The minimum Gasteiger partial charge on any atom is -0.379 e. The molecule has 2 aromatic carbocycles. The highest BCUT2D eigenvalue weighted by atomic mass is 16.5. The maximum absolute atomic E-state index is 5.50. The molecule has 0 aliphatic carbocycles. The van der Waals surface area contributed by atoms with Crippen LogP contribution in [0.3, 0.4) is 0 Å². The SMILES string of the molecule is CC(C)(CN1CCOCC1)c1ccc(Nc2nc(-c3ccc4cn[nH]c4c3)cn3ccnc23)cc1. The third-order valence-corrected chi connectivity index (χ3v) is 6.76. The predicted octanol–water partition coefficient (Wildman–Crippen LogP) is 4.63. The van der Waals surface area contributed by atoms with Crippen molar-refractivity contribution in [3.8, 4) is 11.3 Å². The van der Waals surface area contributed by atoms with Crippen molar-refractivity contribution in [2.24, 2.45) is 0 Å². The van der Waals surface area contributed by atoms with Crippen molar-refractivity contribution in [1.29, 1.82) is 0 Å². The number of anilines is 2. The van der Waals surface area contributed by atoms with Crippen LogP contribution in [0, 0.1) is 0 Å². The van der Waals surface area contributed by atoms with Crippen LogP contribution in [0.4, 0.5) is 11.5 Å². The van der Waals surface area contributed by atoms with Crippen molar-refractivity contribution in [1.82, 2.24) is 29.5 Å². The summed E-state index contributed by atoms with van der Waals surface area (Å²) in [6.45, 7) is 9.27. The Morgan fingerprint density at radius 3 is 2.74 bits per heavy atom. The summed E-state index contributed by atoms with van der Waals surface area (Å²) in [6, 6.07) is 14.9. The molecule has 6 rings (SSSR count). The molecule has 8 heteroatoms. The molecule has 5 aromatic rings. The summed E-state index contributed by atoms with van der Waals surface area (Å²) in [5, 5.41) is 11.7. The summed E-state index contributed by atoms with van der Waals surface area (Å²) in [5.74, 6) is 0.720. The molecule has 0 saturated carbocycles. The second-order valence-corrected chi connectivity index (χ2v) is 9.78. The van der Waals surface area contributed by atoms with Crippen LogP contribution in [-0.2, 0) is 10.2 Å². The highest BCUT2D eigenvalue weighted by Gasteiger charge is 2.25. The largest absolute Gasteiger partial charge is 0.379 e. The number of ether oxygens (including phenoxy) is 1. The Morgan fingerprint density at radius 2 is 1.91 bits per heavy atom. The Hall–Kier alpha value is -3.75. The smallest absolute Gasteiger partial charge is 0.180 e. The first-order valence-electron chi connectivity index (χ1n) is 12.0. The molecule has 0 bridgehead atoms. The lowest BCUT2D eigenvalue weighted by Crippen LogP contribution is -2.43. The van der Waals surface area contributed by atoms with Crippen LogP contribution in [0.15, 0.2) is 67.3 Å². The summed E-state index contributed by atoms with van der Waals surface area (Å²) in [6.07, 6.45) is 7.56. The first kappa shape index (κ1) is 21.8. The molecule has 1 saturated heterocycles. The van der Waals surface area contributed by atoms with Gasteiger partial charge in [0.1, 0.15) is 0 Å². The predicted molar refractivity (Wildman–Crippen MR) is 138 cm³/mol. The van der Waals surface area contributed by atoms with E-state index in [1.807, 2.05) is 23.0 Å². The molecule has 35 heavy (non-hydrogen) atoms. The lowest BCUT2D eigenvalue weighted by molar-refractivity contribution is 0.0295. The van der Waals surface area contributed by atoms with Gasteiger partial charge in [0.05, 0.1) is 30.6 Å². The molecule has 178 valence electrons. The van der Waals surface area contributed by atoms with Gasteiger partial charge in [-0.25, -0.2) is 9.97 Å². The topological polar surface area (TPSA) is 83.4 Å². The highest BCUT2D eigenvalue weighted by molar-refractivity contribution is 5.84. The quantitative estimate of drug-likeness (QED) is 0.379. The van der Waals surface area contributed by atoms with Gasteiger partial charge in [-0.3, -0.25) is 10.00 Å². The number of aromatic amines is 1. The third kappa shape index (κ3) is 4.38. The fourth-order valence-electron chi connectivity index (χ4n) is 4.80. The Bertz CT molecular complexity index is 1460. The first-order valence-corrected chi connectivity index (χ1v) is 12.0. The number of nitrogens with one attached hydrogen (secondary N) is 2. The fourth-order valence-corrected chi connectivity index (χ4v) is 4.80. The van der Waals surface area contributed by atoms with Crippen molar-refractivity contribution in [3.05, 3.63) is 72.8 Å². The fraction of sp³-hybridized carbons (Fsp3) is 0.296. The van der Waals surface area contributed by atoms with Crippen molar-refractivity contribution in [3.63, 3.8) is 0 Å². The molecule has 3 aromatic heterocycles. The first-order chi connectivity index (χ1) is 17.0. The Kier molecular flexibility index (Phi) is 5.47. The van der Waals surface area contributed by atoms with Gasteiger partial charge in [0, 0.05) is 60.3 Å². The van der Waals surface area contributed by atoms with Gasteiger partial charge in [0.25, 0.3) is 0 Å². The maximum atomic E-state index is 5.50. The number of morpholine rings is 1. The van der Waals surface area contributed by atoms with E-state index in [-0.39, 0.29) is 5.41 Å². The number of nitrogens with zero attached hydrogens (tertiary/aromatic N) is 5. The molecule has 0 amide bonds. The van der Waals surface area contributed by atoms with E-state index < -0.39 is 0 Å². The van der Waals surface area contributed by atoms with Crippen LogP contribution >= 0.6 is 0 Å². The molecule has 1 aliphatic rings. The summed E-state index contributed by atoms with van der Waals surface area (Å²) in [5.41, 5.74) is 5.99. The van der Waals surface area contributed by atoms with Gasteiger partial charge in [-0.1, -0.05) is 38.1 Å². The normalized spacial score (nSPS) is 15.1. The monoisotopic (exact) mass is 467 g/mol. The number of benzene rings is 2. The zero-order valence-electron chi connectivity index (χ0n) is 20.0. The molecule has 0 spiro atoms. The molecule has 2 N–H and O–H groups in total. The van der Waals surface area contributed by atoms with E-state index in [0.717, 1.165) is 72.2 Å². The Balaban J connectivity index is 1.27. The van der Waals surface area contributed by atoms with E-state index in [2.05, 4.69) is 81.7 Å². The Morgan fingerprint density at radius 1 is 1.09 bits per heavy atom. The van der Waals surface area contributed by atoms with Gasteiger partial charge in [0.2, 0.25) is 0 Å². The van der Waals surface area contributed by atoms with Gasteiger partial charge >= 0.3 is 0 Å². The van der Waals surface area contributed by atoms with E-state index >= 15 is 0 Å². The van der Waals surface area contributed by atoms with Crippen LogP contribution in [0.25, 0.3) is 27.8 Å². The molecule has 1 fully saturated rings. The highest BCUT2D eigenvalue weighted by Crippen LogP contribution is 2.29. The number of aromatic nitrogens is 5. The molecule has 0 atom stereocenters. The van der Waals surface area contributed by atoms with Crippen molar-refractivity contribution >= 4 is 28.1 Å². The molecule has 1 aliphatic heterocycles. The molecule has 0 radical (unpaired) electrons. The van der Waals surface area contributed by atoms with Gasteiger partial charge in [-0.2, -0.15) is 5.10 Å². The number of fused-ring (bicyclic) bond motifs is 2. The van der Waals surface area contributed by atoms with E-state index in [1.54, 1.807) is 6.20 Å². The van der Waals surface area contributed by atoms with Gasteiger partial charge < -0.3 is 14.5 Å². The lowest BCUT2D eigenvalue weighted by atomic mass is 9.84. The zero-order valence-corrected chi connectivity index (χ0v) is 20.0. The second-order valence-electron chi connectivity index (χ2n) is 9.78. The minimum atomic E-state index is 0.0513. The van der Waals surface area contributed by atoms with Crippen molar-refractivity contribution < 1.29 is 4.74 Å². The molecular weight excluding hydrogens is 438 g/mol. The summed E-state index contributed by atoms with van der Waals surface area (Å²) in [4.78, 5) is 11.9. The minimum absolute atomic E-state index is 0.0513. The van der Waals surface area contributed by atoms with Gasteiger partial charge in [0.15, 0.2) is 11.5 Å². The second kappa shape index (κ2) is 8.79. The van der Waals surface area contributed by atoms with Crippen LogP contribution < -0.4 is 5.32 Å². The summed E-state index contributed by atoms with van der Waals surface area (Å²) < 4.78 is 7.50. The van der Waals surface area contributed by atoms with E-state index in [9.17, 15) is 0 Å².